The lowest BCUT2D eigenvalue weighted by atomic mass is 9.86. The van der Waals surface area contributed by atoms with Crippen LogP contribution in [0.15, 0.2) is 0 Å². The Morgan fingerprint density at radius 1 is 0.353 bits per heavy atom. The van der Waals surface area contributed by atoms with Gasteiger partial charge in [0.15, 0.2) is 0 Å². The fraction of sp³-hybridized carbons (Fsp3) is 0.944. The van der Waals surface area contributed by atoms with Gasteiger partial charge in [-0.2, -0.15) is 137 Å². The summed E-state index contributed by atoms with van der Waals surface area (Å²) >= 11 is 0. The van der Waals surface area contributed by atoms with Crippen molar-refractivity contribution in [1.29, 1.82) is 0 Å². The van der Waals surface area contributed by atoms with E-state index >= 15 is 0 Å². The van der Waals surface area contributed by atoms with Crippen LogP contribution in [-0.2, 0) is 4.79 Å². The van der Waals surface area contributed by atoms with Crippen LogP contribution in [0.4, 0.5) is 136 Å². The summed E-state index contributed by atoms with van der Waals surface area (Å²) < 4.78 is 407. The maximum atomic E-state index is 13.8. The molecule has 0 aliphatic carbocycles. The summed E-state index contributed by atoms with van der Waals surface area (Å²) in [5, 5.41) is -2.99. The fourth-order valence-electron chi connectivity index (χ4n) is 2.95. The third-order valence-corrected chi connectivity index (χ3v) is 6.05. The van der Waals surface area contributed by atoms with E-state index in [4.69, 9.17) is 0 Å². The van der Waals surface area contributed by atoms with Gasteiger partial charge in [-0.3, -0.25) is 4.79 Å². The quantitative estimate of drug-likeness (QED) is 0.119. The van der Waals surface area contributed by atoms with Crippen LogP contribution >= 0.6 is 0 Å². The van der Waals surface area contributed by atoms with E-state index in [9.17, 15) is 141 Å². The molecule has 1 amide bonds. The molecule has 2 nitrogen and oxygen atoms in total. The van der Waals surface area contributed by atoms with Gasteiger partial charge in [-0.05, 0) is 6.42 Å². The summed E-state index contributed by atoms with van der Waals surface area (Å²) in [6, 6.07) is 0. The minimum absolute atomic E-state index is 2.73. The van der Waals surface area contributed by atoms with E-state index < -0.39 is 114 Å². The van der Waals surface area contributed by atoms with Gasteiger partial charge in [-0.25, -0.2) is 0 Å². The van der Waals surface area contributed by atoms with Crippen LogP contribution in [-0.4, -0.2) is 101 Å². The summed E-state index contributed by atoms with van der Waals surface area (Å²) in [5.74, 6) is -110. The topological polar surface area (TPSA) is 20.3 Å². The number of hydrogen-bond donors (Lipinski definition) is 0. The van der Waals surface area contributed by atoms with E-state index in [2.05, 4.69) is 0 Å². The third-order valence-electron chi connectivity index (χ3n) is 6.05. The lowest BCUT2D eigenvalue weighted by Crippen LogP contribution is -2.77. The van der Waals surface area contributed by atoms with E-state index in [0.717, 1.165) is 0 Å². The zero-order valence-corrected chi connectivity index (χ0v) is 22.2. The Morgan fingerprint density at radius 2 is 0.588 bits per heavy atom. The molecule has 0 heterocycles. The second-order valence-electron chi connectivity index (χ2n) is 9.51. The number of alkyl halides is 30. The Balaban J connectivity index is 6.71. The standard InChI is InChI=1S/C18H6F31NO/c19-5(20,7(23,24)15(39,40)17(43,44)45)2-1-3-50(49)4(51)6(21,22)8(25,26)9(27,28)10(29,30)11(31,32)12(33,34)13(35,36)14(37,38)16(41,42)18(46,47)48/h1-3H2. The zero-order chi connectivity index (χ0) is 42.3. The van der Waals surface area contributed by atoms with Crippen LogP contribution in [0.5, 0.6) is 0 Å². The Bertz CT molecular complexity index is 1250. The van der Waals surface area contributed by atoms with Crippen molar-refractivity contribution in [3.63, 3.8) is 0 Å². The van der Waals surface area contributed by atoms with E-state index in [1.54, 1.807) is 0 Å². The Kier molecular flexibility index (Phi) is 11.8. The van der Waals surface area contributed by atoms with E-state index in [1.807, 2.05) is 0 Å². The first-order valence-electron chi connectivity index (χ1n) is 11.2. The van der Waals surface area contributed by atoms with Crippen molar-refractivity contribution in [1.82, 2.24) is 5.12 Å². The van der Waals surface area contributed by atoms with Crippen LogP contribution in [0.1, 0.15) is 12.8 Å². The average molecular weight is 841 g/mol. The highest BCUT2D eigenvalue weighted by Crippen LogP contribution is 2.66. The fourth-order valence-corrected chi connectivity index (χ4v) is 2.95. The van der Waals surface area contributed by atoms with Crippen molar-refractivity contribution in [2.24, 2.45) is 0 Å². The summed E-state index contributed by atoms with van der Waals surface area (Å²) in [5.41, 5.74) is 0. The molecule has 0 atom stereocenters. The van der Waals surface area contributed by atoms with Gasteiger partial charge in [0.05, 0.1) is 6.54 Å². The van der Waals surface area contributed by atoms with Gasteiger partial charge in [-0.1, -0.05) is 4.48 Å². The lowest BCUT2D eigenvalue weighted by molar-refractivity contribution is -0.473. The van der Waals surface area contributed by atoms with Crippen LogP contribution in [0.25, 0.3) is 0 Å². The van der Waals surface area contributed by atoms with Crippen LogP contribution in [0.2, 0.25) is 0 Å². The van der Waals surface area contributed by atoms with Crippen molar-refractivity contribution in [3.8, 4) is 0 Å². The first-order valence-corrected chi connectivity index (χ1v) is 11.2. The average Bonchev–Trinajstić information content (AvgIpc) is 2.89. The number of carbonyl (C=O) groups excluding carboxylic acids is 1. The van der Waals surface area contributed by atoms with Gasteiger partial charge < -0.3 is 0 Å². The summed E-state index contributed by atoms with van der Waals surface area (Å²) in [4.78, 5) is 11.2. The Hall–Kier alpha value is -2.70. The first-order chi connectivity index (χ1) is 21.5. The van der Waals surface area contributed by atoms with Gasteiger partial charge in [-0.15, -0.1) is 0 Å². The predicted molar refractivity (Wildman–Crippen MR) is 93.5 cm³/mol. The second kappa shape index (κ2) is 12.4. The van der Waals surface area contributed by atoms with Crippen LogP contribution in [0, 0.1) is 0 Å². The second-order valence-corrected chi connectivity index (χ2v) is 9.51. The SMILES string of the molecule is O=C(N(F)CCCC(F)(F)C(F)(F)C(F)(F)C(F)(F)F)C(F)(F)C(F)(F)C(F)(F)C(F)(F)C(F)(F)C(F)(F)C(F)(F)C(F)(F)C(F)(F)C(F)(F)F. The summed E-state index contributed by atoms with van der Waals surface area (Å²) in [7, 11) is 0. The molecule has 0 aliphatic rings. The number of amides is 1. The van der Waals surface area contributed by atoms with Crippen molar-refractivity contribution in [3.05, 3.63) is 0 Å². The molecule has 0 fully saturated rings. The Morgan fingerprint density at radius 3 is 0.863 bits per heavy atom. The number of nitrogens with zero attached hydrogens (tertiary/aromatic N) is 1. The molecule has 0 saturated heterocycles. The number of rotatable bonds is 15. The molecular formula is C18H6F31NO. The molecule has 0 unspecified atom stereocenters. The molecule has 0 aliphatic heterocycles. The van der Waals surface area contributed by atoms with Crippen molar-refractivity contribution in [2.45, 2.75) is 96.3 Å². The van der Waals surface area contributed by atoms with Gasteiger partial charge in [0, 0.05) is 6.42 Å². The lowest BCUT2D eigenvalue weighted by Gasteiger charge is -2.44. The summed E-state index contributed by atoms with van der Waals surface area (Å²) in [6.45, 7) is -3.08. The Labute approximate surface area is 256 Å². The predicted octanol–water partition coefficient (Wildman–Crippen LogP) is 10.2. The molecule has 51 heavy (non-hydrogen) atoms. The minimum atomic E-state index is -9.65. The minimum Gasteiger partial charge on any atom is -0.265 e. The van der Waals surface area contributed by atoms with E-state index in [0.29, 0.717) is 0 Å². The molecule has 0 rings (SSSR count). The smallest absolute Gasteiger partial charge is 0.265 e. The number of carbonyl (C=O) groups is 1. The first kappa shape index (κ1) is 48.3. The molecular weight excluding hydrogens is 835 g/mol. The number of hydrogen-bond acceptors (Lipinski definition) is 1. The van der Waals surface area contributed by atoms with Crippen LogP contribution < -0.4 is 0 Å². The largest absolute Gasteiger partial charge is 0.460 e. The molecule has 0 aromatic heterocycles. The molecule has 0 radical (unpaired) electrons. The van der Waals surface area contributed by atoms with Gasteiger partial charge in [0.1, 0.15) is 0 Å². The normalized spacial score (nSPS) is 16.5. The maximum Gasteiger partial charge on any atom is 0.460 e. The molecule has 0 aromatic rings. The zero-order valence-electron chi connectivity index (χ0n) is 22.2. The van der Waals surface area contributed by atoms with E-state index in [-0.39, 0.29) is 0 Å². The molecule has 0 bridgehead atoms. The van der Waals surface area contributed by atoms with Gasteiger partial charge >= 0.3 is 89.3 Å². The highest BCUT2D eigenvalue weighted by atomic mass is 19.4. The maximum absolute atomic E-state index is 13.8. The van der Waals surface area contributed by atoms with E-state index in [1.165, 1.54) is 0 Å². The molecule has 0 spiro atoms. The molecule has 0 saturated carbocycles. The monoisotopic (exact) mass is 841 g/mol. The van der Waals surface area contributed by atoms with Gasteiger partial charge in [0.2, 0.25) is 0 Å². The third kappa shape index (κ3) is 6.49. The highest BCUT2D eigenvalue weighted by Gasteiger charge is 2.98. The molecule has 0 aromatic carbocycles. The van der Waals surface area contributed by atoms with Crippen LogP contribution in [0.3, 0.4) is 0 Å². The van der Waals surface area contributed by atoms with Gasteiger partial charge in [0.25, 0.3) is 0 Å². The molecule has 33 heteroatoms. The highest BCUT2D eigenvalue weighted by molar-refractivity contribution is 5.84. The van der Waals surface area contributed by atoms with Crippen molar-refractivity contribution in [2.75, 3.05) is 6.54 Å². The molecule has 0 N–H and O–H groups in total. The molecule has 306 valence electrons. The number of halogens is 31. The van der Waals surface area contributed by atoms with Crippen molar-refractivity contribution < 1.29 is 141 Å². The summed E-state index contributed by atoms with van der Waals surface area (Å²) in [6.07, 6.45) is -21.8. The van der Waals surface area contributed by atoms with Crippen molar-refractivity contribution >= 4 is 5.91 Å².